The average molecular weight is 282 g/mol. The van der Waals surface area contributed by atoms with Gasteiger partial charge in [-0.05, 0) is 43.4 Å². The van der Waals surface area contributed by atoms with Crippen LogP contribution in [0.4, 0.5) is 0 Å². The van der Waals surface area contributed by atoms with Crippen LogP contribution in [0.15, 0.2) is 18.2 Å². The molecule has 2 amide bonds. The van der Waals surface area contributed by atoms with Gasteiger partial charge in [-0.15, -0.1) is 0 Å². The number of amides is 2. The van der Waals surface area contributed by atoms with Gasteiger partial charge in [-0.2, -0.15) is 11.8 Å². The summed E-state index contributed by atoms with van der Waals surface area (Å²) < 4.78 is 5.33. The van der Waals surface area contributed by atoms with Crippen molar-refractivity contribution in [2.24, 2.45) is 0 Å². The Balaban J connectivity index is 2.33. The molecule has 0 spiro atoms. The molecule has 19 heavy (non-hydrogen) atoms. The van der Waals surface area contributed by atoms with E-state index >= 15 is 0 Å². The molecule has 1 aromatic carbocycles. The number of benzene rings is 1. The van der Waals surface area contributed by atoms with Crippen molar-refractivity contribution < 1.29 is 14.3 Å². The van der Waals surface area contributed by atoms with E-state index in [1.54, 1.807) is 0 Å². The molecule has 0 aliphatic carbocycles. The minimum atomic E-state index is -0.396. The quantitative estimate of drug-likeness (QED) is 0.796. The van der Waals surface area contributed by atoms with E-state index in [1.165, 1.54) is 17.3 Å². The van der Waals surface area contributed by atoms with Crippen LogP contribution in [-0.4, -0.2) is 30.4 Å². The van der Waals surface area contributed by atoms with Gasteiger partial charge >= 0.3 is 0 Å². The molecule has 0 fully saturated rings. The largest absolute Gasteiger partial charge is 0.484 e. The van der Waals surface area contributed by atoms with Gasteiger partial charge in [0.15, 0.2) is 6.61 Å². The number of rotatable bonds is 5. The summed E-state index contributed by atoms with van der Waals surface area (Å²) in [5, 5.41) is 0. The molecule has 1 rings (SSSR count). The normalized spacial score (nSPS) is 9.84. The molecule has 104 valence electrons. The van der Waals surface area contributed by atoms with Crippen LogP contribution in [-0.2, 0) is 9.59 Å². The molecular weight excluding hydrogens is 264 g/mol. The number of hydrogen-bond acceptors (Lipinski definition) is 4. The molecule has 0 atom stereocenters. The lowest BCUT2D eigenvalue weighted by Crippen LogP contribution is -2.44. The molecule has 0 radical (unpaired) electrons. The Morgan fingerprint density at radius 1 is 1.16 bits per heavy atom. The molecule has 2 N–H and O–H groups in total. The summed E-state index contributed by atoms with van der Waals surface area (Å²) in [5.41, 5.74) is 6.86. The van der Waals surface area contributed by atoms with Gasteiger partial charge in [0.05, 0.1) is 5.75 Å². The van der Waals surface area contributed by atoms with Gasteiger partial charge in [0.1, 0.15) is 5.75 Å². The first-order valence-corrected chi connectivity index (χ1v) is 7.19. The SMILES string of the molecule is CSCC(=O)NNC(=O)COc1ccc(C)c(C)c1. The van der Waals surface area contributed by atoms with Crippen molar-refractivity contribution in [3.8, 4) is 5.75 Å². The van der Waals surface area contributed by atoms with Gasteiger partial charge in [0.2, 0.25) is 5.91 Å². The molecule has 0 bridgehead atoms. The van der Waals surface area contributed by atoms with Crippen LogP contribution in [0.3, 0.4) is 0 Å². The Bertz CT molecular complexity index is 463. The average Bonchev–Trinajstić information content (AvgIpc) is 2.38. The van der Waals surface area contributed by atoms with E-state index in [0.717, 1.165) is 5.56 Å². The van der Waals surface area contributed by atoms with Crippen LogP contribution in [0.2, 0.25) is 0 Å². The van der Waals surface area contributed by atoms with Crippen molar-refractivity contribution in [1.29, 1.82) is 0 Å². The van der Waals surface area contributed by atoms with Crippen LogP contribution in [0.5, 0.6) is 5.75 Å². The van der Waals surface area contributed by atoms with Crippen LogP contribution >= 0.6 is 11.8 Å². The lowest BCUT2D eigenvalue weighted by molar-refractivity contribution is -0.128. The Morgan fingerprint density at radius 3 is 2.47 bits per heavy atom. The Hall–Kier alpha value is -1.69. The summed E-state index contributed by atoms with van der Waals surface area (Å²) in [6, 6.07) is 5.61. The Kier molecular flexibility index (Phi) is 6.21. The van der Waals surface area contributed by atoms with Crippen LogP contribution < -0.4 is 15.6 Å². The van der Waals surface area contributed by atoms with Gasteiger partial charge in [0, 0.05) is 0 Å². The highest BCUT2D eigenvalue weighted by molar-refractivity contribution is 7.99. The molecule has 0 saturated heterocycles. The lowest BCUT2D eigenvalue weighted by atomic mass is 10.1. The number of ether oxygens (including phenoxy) is 1. The van der Waals surface area contributed by atoms with E-state index in [0.29, 0.717) is 11.5 Å². The van der Waals surface area contributed by atoms with Gasteiger partial charge in [-0.3, -0.25) is 20.4 Å². The summed E-state index contributed by atoms with van der Waals surface area (Å²) in [7, 11) is 0. The first-order chi connectivity index (χ1) is 9.02. The van der Waals surface area contributed by atoms with Gasteiger partial charge < -0.3 is 4.74 Å². The van der Waals surface area contributed by atoms with E-state index in [4.69, 9.17) is 4.74 Å². The number of hydrogen-bond donors (Lipinski definition) is 2. The zero-order valence-corrected chi connectivity index (χ0v) is 12.1. The van der Waals surface area contributed by atoms with Crippen molar-refractivity contribution in [2.75, 3.05) is 18.6 Å². The first-order valence-electron chi connectivity index (χ1n) is 5.79. The summed E-state index contributed by atoms with van der Waals surface area (Å²) in [6.07, 6.45) is 1.81. The summed E-state index contributed by atoms with van der Waals surface area (Å²) >= 11 is 1.38. The minimum absolute atomic E-state index is 0.137. The molecule has 0 saturated carbocycles. The molecule has 0 aliphatic heterocycles. The van der Waals surface area contributed by atoms with Gasteiger partial charge in [-0.25, -0.2) is 0 Å². The fourth-order valence-electron chi connectivity index (χ4n) is 1.30. The van der Waals surface area contributed by atoms with E-state index in [2.05, 4.69) is 10.9 Å². The maximum atomic E-state index is 11.4. The number of aryl methyl sites for hydroxylation is 2. The van der Waals surface area contributed by atoms with Crippen molar-refractivity contribution in [1.82, 2.24) is 10.9 Å². The van der Waals surface area contributed by atoms with Gasteiger partial charge in [-0.1, -0.05) is 6.07 Å². The number of hydrazine groups is 1. The van der Waals surface area contributed by atoms with E-state index in [9.17, 15) is 9.59 Å². The fraction of sp³-hybridized carbons (Fsp3) is 0.385. The van der Waals surface area contributed by atoms with Gasteiger partial charge in [0.25, 0.3) is 5.91 Å². The van der Waals surface area contributed by atoms with Crippen molar-refractivity contribution >= 4 is 23.6 Å². The zero-order chi connectivity index (χ0) is 14.3. The number of carbonyl (C=O) groups is 2. The van der Waals surface area contributed by atoms with E-state index < -0.39 is 5.91 Å². The Morgan fingerprint density at radius 2 is 1.84 bits per heavy atom. The Labute approximate surface area is 117 Å². The van der Waals surface area contributed by atoms with E-state index in [-0.39, 0.29) is 12.5 Å². The number of thioether (sulfide) groups is 1. The molecule has 1 aromatic rings. The molecule has 5 nitrogen and oxygen atoms in total. The van der Waals surface area contributed by atoms with Crippen molar-refractivity contribution in [3.05, 3.63) is 29.3 Å². The topological polar surface area (TPSA) is 67.4 Å². The molecule has 0 aliphatic rings. The highest BCUT2D eigenvalue weighted by atomic mass is 32.2. The van der Waals surface area contributed by atoms with Crippen LogP contribution in [0.25, 0.3) is 0 Å². The maximum Gasteiger partial charge on any atom is 0.276 e. The molecule has 6 heteroatoms. The third-order valence-corrected chi connectivity index (χ3v) is 3.02. The molecule has 0 heterocycles. The monoisotopic (exact) mass is 282 g/mol. The number of nitrogens with one attached hydrogen (secondary N) is 2. The minimum Gasteiger partial charge on any atom is -0.484 e. The summed E-state index contributed by atoms with van der Waals surface area (Å²) in [5.74, 6) is 0.298. The summed E-state index contributed by atoms with van der Waals surface area (Å²) in [6.45, 7) is 3.85. The van der Waals surface area contributed by atoms with Crippen molar-refractivity contribution in [3.63, 3.8) is 0 Å². The highest BCUT2D eigenvalue weighted by Gasteiger charge is 2.05. The second-order valence-corrected chi connectivity index (χ2v) is 4.93. The highest BCUT2D eigenvalue weighted by Crippen LogP contribution is 2.16. The third kappa shape index (κ3) is 5.65. The molecular formula is C13H18N2O3S. The smallest absolute Gasteiger partial charge is 0.276 e. The second-order valence-electron chi connectivity index (χ2n) is 4.06. The van der Waals surface area contributed by atoms with Crippen molar-refractivity contribution in [2.45, 2.75) is 13.8 Å². The maximum absolute atomic E-state index is 11.4. The molecule has 0 unspecified atom stereocenters. The van der Waals surface area contributed by atoms with Crippen LogP contribution in [0.1, 0.15) is 11.1 Å². The van der Waals surface area contributed by atoms with E-state index in [1.807, 2.05) is 38.3 Å². The first kappa shape index (κ1) is 15.4. The lowest BCUT2D eigenvalue weighted by Gasteiger charge is -2.09. The number of carbonyl (C=O) groups excluding carboxylic acids is 2. The molecule has 0 aromatic heterocycles. The predicted octanol–water partition coefficient (Wildman–Crippen LogP) is 1.19. The predicted molar refractivity (Wildman–Crippen MR) is 76.1 cm³/mol. The standard InChI is InChI=1S/C13H18N2O3S/c1-9-4-5-11(6-10(9)2)18-7-12(16)14-15-13(17)8-19-3/h4-6H,7-8H2,1-3H3,(H,14,16)(H,15,17). The second kappa shape index (κ2) is 7.68. The summed E-state index contributed by atoms with van der Waals surface area (Å²) in [4.78, 5) is 22.5. The fourth-order valence-corrected chi connectivity index (χ4v) is 1.63. The zero-order valence-electron chi connectivity index (χ0n) is 11.3. The van der Waals surface area contributed by atoms with Crippen LogP contribution in [0, 0.1) is 13.8 Å². The third-order valence-electron chi connectivity index (χ3n) is 2.47.